The van der Waals surface area contributed by atoms with Crippen LogP contribution in [0.5, 0.6) is 5.75 Å². The highest BCUT2D eigenvalue weighted by Crippen LogP contribution is 2.34. The van der Waals surface area contributed by atoms with Gasteiger partial charge in [-0.15, -0.1) is 11.3 Å². The molecule has 0 saturated heterocycles. The lowest BCUT2D eigenvalue weighted by Crippen LogP contribution is -2.41. The van der Waals surface area contributed by atoms with Crippen molar-refractivity contribution in [1.29, 1.82) is 0 Å². The predicted octanol–water partition coefficient (Wildman–Crippen LogP) is 4.04. The van der Waals surface area contributed by atoms with E-state index in [2.05, 4.69) is 10.9 Å². The summed E-state index contributed by atoms with van der Waals surface area (Å²) >= 11 is 7.55. The molecule has 0 fully saturated rings. The highest BCUT2D eigenvalue weighted by atomic mass is 35.5. The molecule has 2 aromatic carbocycles. The molecule has 0 unspecified atom stereocenters. The molecule has 1 heterocycles. The molecule has 0 bridgehead atoms. The Hall–Kier alpha value is -2.61. The molecule has 6 nitrogen and oxygen atoms in total. The number of ether oxygens (including phenoxy) is 2. The van der Waals surface area contributed by atoms with Gasteiger partial charge in [-0.25, -0.2) is 0 Å². The number of fused-ring (bicyclic) bond motifs is 1. The molecule has 2 amide bonds. The van der Waals surface area contributed by atoms with Gasteiger partial charge in [-0.2, -0.15) is 0 Å². The summed E-state index contributed by atoms with van der Waals surface area (Å²) in [7, 11) is 0. The number of hydrogen-bond acceptors (Lipinski definition) is 5. The van der Waals surface area contributed by atoms with E-state index in [1.54, 1.807) is 24.3 Å². The maximum absolute atomic E-state index is 12.4. The summed E-state index contributed by atoms with van der Waals surface area (Å²) < 4.78 is 11.6. The number of amides is 2. The molecule has 0 aliphatic rings. The second-order valence-corrected chi connectivity index (χ2v) is 7.15. The van der Waals surface area contributed by atoms with Crippen LogP contribution < -0.4 is 15.6 Å². The van der Waals surface area contributed by atoms with Crippen molar-refractivity contribution in [2.24, 2.45) is 0 Å². The van der Waals surface area contributed by atoms with Crippen LogP contribution in [0.2, 0.25) is 5.02 Å². The molecule has 0 atom stereocenters. The van der Waals surface area contributed by atoms with Gasteiger partial charge in [0.1, 0.15) is 17.2 Å². The van der Waals surface area contributed by atoms with Crippen LogP contribution in [0.4, 0.5) is 0 Å². The fourth-order valence-corrected chi connectivity index (χ4v) is 3.90. The molecule has 0 saturated carbocycles. The van der Waals surface area contributed by atoms with Gasteiger partial charge in [0.2, 0.25) is 0 Å². The number of rotatable bonds is 7. The van der Waals surface area contributed by atoms with Crippen LogP contribution in [0, 0.1) is 0 Å². The van der Waals surface area contributed by atoms with Crippen molar-refractivity contribution in [3.8, 4) is 5.75 Å². The lowest BCUT2D eigenvalue weighted by atomic mass is 10.2. The van der Waals surface area contributed by atoms with E-state index >= 15 is 0 Å². The number of thiophene rings is 1. The molecular formula is C20H19ClN2O4S. The van der Waals surface area contributed by atoms with Gasteiger partial charge in [0.15, 0.2) is 0 Å². The van der Waals surface area contributed by atoms with Gasteiger partial charge in [-0.3, -0.25) is 20.4 Å². The Morgan fingerprint density at radius 2 is 1.82 bits per heavy atom. The van der Waals surface area contributed by atoms with E-state index in [1.165, 1.54) is 11.3 Å². The lowest BCUT2D eigenvalue weighted by Gasteiger charge is -2.09. The number of carbonyl (C=O) groups excluding carboxylic acids is 2. The fourth-order valence-electron chi connectivity index (χ4n) is 2.49. The molecule has 146 valence electrons. The van der Waals surface area contributed by atoms with Crippen molar-refractivity contribution in [2.75, 3.05) is 19.8 Å². The average molecular weight is 419 g/mol. The van der Waals surface area contributed by atoms with Crippen molar-refractivity contribution < 1.29 is 19.1 Å². The minimum atomic E-state index is -0.469. The number of nitrogens with one attached hydrogen (secondary N) is 2. The van der Waals surface area contributed by atoms with Crippen molar-refractivity contribution in [3.63, 3.8) is 0 Å². The van der Waals surface area contributed by atoms with Crippen molar-refractivity contribution in [2.45, 2.75) is 6.92 Å². The predicted molar refractivity (Wildman–Crippen MR) is 110 cm³/mol. The zero-order valence-electron chi connectivity index (χ0n) is 15.2. The topological polar surface area (TPSA) is 76.7 Å². The van der Waals surface area contributed by atoms with E-state index in [-0.39, 0.29) is 0 Å². The third kappa shape index (κ3) is 4.81. The summed E-state index contributed by atoms with van der Waals surface area (Å²) in [6.07, 6.45) is 0. The molecule has 0 radical (unpaired) electrons. The van der Waals surface area contributed by atoms with Crippen LogP contribution in [0.3, 0.4) is 0 Å². The molecule has 8 heteroatoms. The Kier molecular flexibility index (Phi) is 6.86. The SMILES string of the molecule is CCOCCOc1cccc(C(=O)NNC(=O)c2sc3ccccc3c2Cl)c1. The third-order valence-corrected chi connectivity index (χ3v) is 5.50. The maximum Gasteiger partial charge on any atom is 0.281 e. The fraction of sp³-hybridized carbons (Fsp3) is 0.200. The van der Waals surface area contributed by atoms with Gasteiger partial charge in [0.25, 0.3) is 11.8 Å². The minimum absolute atomic E-state index is 0.344. The number of benzene rings is 2. The lowest BCUT2D eigenvalue weighted by molar-refractivity contribution is 0.0848. The molecule has 3 aromatic rings. The first kappa shape index (κ1) is 20.1. The van der Waals surface area contributed by atoms with E-state index in [4.69, 9.17) is 21.1 Å². The second-order valence-electron chi connectivity index (χ2n) is 5.72. The van der Waals surface area contributed by atoms with E-state index in [0.717, 1.165) is 10.1 Å². The quantitative estimate of drug-likeness (QED) is 0.448. The van der Waals surface area contributed by atoms with Crippen LogP contribution in [0.25, 0.3) is 10.1 Å². The number of carbonyl (C=O) groups is 2. The monoisotopic (exact) mass is 418 g/mol. The van der Waals surface area contributed by atoms with Crippen molar-refractivity contribution in [1.82, 2.24) is 10.9 Å². The Bertz CT molecular complexity index is 989. The summed E-state index contributed by atoms with van der Waals surface area (Å²) in [6.45, 7) is 3.39. The molecular weight excluding hydrogens is 400 g/mol. The summed E-state index contributed by atoms with van der Waals surface area (Å²) in [5, 5.41) is 1.18. The first-order chi connectivity index (χ1) is 13.6. The van der Waals surface area contributed by atoms with Crippen LogP contribution in [0.15, 0.2) is 48.5 Å². The van der Waals surface area contributed by atoms with Gasteiger partial charge in [0.05, 0.1) is 11.6 Å². The van der Waals surface area contributed by atoms with E-state index in [9.17, 15) is 9.59 Å². The highest BCUT2D eigenvalue weighted by Gasteiger charge is 2.17. The standard InChI is InChI=1S/C20H19ClN2O4S/c1-2-26-10-11-27-14-7-5-6-13(12-14)19(24)22-23-20(25)18-17(21)15-8-3-4-9-16(15)28-18/h3-9,12H,2,10-11H2,1H3,(H,22,24)(H,23,25). The number of hydrazine groups is 1. The molecule has 28 heavy (non-hydrogen) atoms. The Balaban J connectivity index is 1.60. The van der Waals surface area contributed by atoms with Gasteiger partial charge < -0.3 is 9.47 Å². The largest absolute Gasteiger partial charge is 0.491 e. The molecule has 3 rings (SSSR count). The average Bonchev–Trinajstić information content (AvgIpc) is 3.06. The van der Waals surface area contributed by atoms with Gasteiger partial charge in [-0.05, 0) is 31.2 Å². The Morgan fingerprint density at radius 1 is 1.04 bits per heavy atom. The first-order valence-electron chi connectivity index (χ1n) is 8.68. The number of halogens is 1. The third-order valence-electron chi connectivity index (χ3n) is 3.83. The Labute approximate surface area is 171 Å². The van der Waals surface area contributed by atoms with Crippen molar-refractivity contribution in [3.05, 3.63) is 64.0 Å². The first-order valence-corrected chi connectivity index (χ1v) is 9.88. The normalized spacial score (nSPS) is 10.6. The van der Waals surface area contributed by atoms with E-state index in [1.807, 2.05) is 31.2 Å². The van der Waals surface area contributed by atoms with E-state index < -0.39 is 11.8 Å². The summed E-state index contributed by atoms with van der Waals surface area (Å²) in [5.41, 5.74) is 5.16. The molecule has 0 aliphatic heterocycles. The van der Waals surface area contributed by atoms with Crippen LogP contribution >= 0.6 is 22.9 Å². The van der Waals surface area contributed by atoms with Gasteiger partial charge >= 0.3 is 0 Å². The number of hydrogen-bond donors (Lipinski definition) is 2. The maximum atomic E-state index is 12.4. The molecule has 1 aromatic heterocycles. The van der Waals surface area contributed by atoms with Crippen LogP contribution in [0.1, 0.15) is 27.0 Å². The van der Waals surface area contributed by atoms with Crippen molar-refractivity contribution >= 4 is 44.8 Å². The van der Waals surface area contributed by atoms with Gasteiger partial charge in [-0.1, -0.05) is 35.9 Å². The zero-order valence-corrected chi connectivity index (χ0v) is 16.7. The smallest absolute Gasteiger partial charge is 0.281 e. The minimum Gasteiger partial charge on any atom is -0.491 e. The Morgan fingerprint density at radius 3 is 2.61 bits per heavy atom. The molecule has 0 aliphatic carbocycles. The molecule has 2 N–H and O–H groups in total. The van der Waals surface area contributed by atoms with Gasteiger partial charge in [0, 0.05) is 22.3 Å². The van der Waals surface area contributed by atoms with Crippen LogP contribution in [-0.2, 0) is 4.74 Å². The van der Waals surface area contributed by atoms with E-state index in [0.29, 0.717) is 41.0 Å². The van der Waals surface area contributed by atoms with Crippen LogP contribution in [-0.4, -0.2) is 31.6 Å². The summed E-state index contributed by atoms with van der Waals surface area (Å²) in [5.74, 6) is -0.379. The molecule has 0 spiro atoms. The second kappa shape index (κ2) is 9.54. The summed E-state index contributed by atoms with van der Waals surface area (Å²) in [4.78, 5) is 25.1. The zero-order chi connectivity index (χ0) is 19.9. The highest BCUT2D eigenvalue weighted by molar-refractivity contribution is 7.21. The summed E-state index contributed by atoms with van der Waals surface area (Å²) in [6, 6.07) is 14.1.